The van der Waals surface area contributed by atoms with Gasteiger partial charge in [-0.1, -0.05) is 19.1 Å². The first-order valence-corrected chi connectivity index (χ1v) is 6.57. The molecular formula is C14H22N2O3. The van der Waals surface area contributed by atoms with Gasteiger partial charge in [-0.3, -0.25) is 0 Å². The lowest BCUT2D eigenvalue weighted by molar-refractivity contribution is 0.148. The van der Waals surface area contributed by atoms with Gasteiger partial charge in [0.1, 0.15) is 5.75 Å². The molecule has 5 heteroatoms. The quantitative estimate of drug-likeness (QED) is 0.793. The molecular weight excluding hydrogens is 244 g/mol. The Morgan fingerprint density at radius 2 is 2.21 bits per heavy atom. The second-order valence-corrected chi connectivity index (χ2v) is 4.07. The predicted octanol–water partition coefficient (Wildman–Crippen LogP) is 2.22. The van der Waals surface area contributed by atoms with Crippen molar-refractivity contribution < 1.29 is 14.3 Å². The van der Waals surface area contributed by atoms with Crippen LogP contribution in [0.3, 0.4) is 0 Å². The molecule has 1 aromatic rings. The zero-order chi connectivity index (χ0) is 14.1. The van der Waals surface area contributed by atoms with Crippen LogP contribution in [0.1, 0.15) is 31.9 Å². The van der Waals surface area contributed by atoms with Gasteiger partial charge in [0.05, 0.1) is 19.3 Å². The summed E-state index contributed by atoms with van der Waals surface area (Å²) in [7, 11) is 0. The van der Waals surface area contributed by atoms with Crippen molar-refractivity contribution in [3.05, 3.63) is 29.8 Å². The molecule has 19 heavy (non-hydrogen) atoms. The molecule has 0 heterocycles. The summed E-state index contributed by atoms with van der Waals surface area (Å²) in [6.45, 7) is 5.12. The third kappa shape index (κ3) is 5.18. The fraction of sp³-hybridized carbons (Fsp3) is 0.500. The largest absolute Gasteiger partial charge is 0.494 e. The Morgan fingerprint density at radius 3 is 2.84 bits per heavy atom. The fourth-order valence-electron chi connectivity index (χ4n) is 1.63. The normalized spacial score (nSPS) is 11.7. The van der Waals surface area contributed by atoms with Crippen LogP contribution in [0, 0.1) is 0 Å². The van der Waals surface area contributed by atoms with Crippen LogP contribution in [-0.2, 0) is 4.74 Å². The highest BCUT2D eigenvalue weighted by Gasteiger charge is 2.14. The molecule has 5 nitrogen and oxygen atoms in total. The van der Waals surface area contributed by atoms with Crippen LogP contribution in [0.2, 0.25) is 0 Å². The molecule has 1 atom stereocenters. The highest BCUT2D eigenvalue weighted by molar-refractivity contribution is 5.68. The van der Waals surface area contributed by atoms with Gasteiger partial charge < -0.3 is 20.5 Å². The summed E-state index contributed by atoms with van der Waals surface area (Å²) >= 11 is 0. The molecule has 0 radical (unpaired) electrons. The van der Waals surface area contributed by atoms with E-state index in [-0.39, 0.29) is 6.04 Å². The van der Waals surface area contributed by atoms with Crippen molar-refractivity contribution >= 4 is 6.09 Å². The number of rotatable bonds is 7. The number of nitrogens with one attached hydrogen (secondary N) is 1. The maximum atomic E-state index is 11.4. The van der Waals surface area contributed by atoms with E-state index in [1.54, 1.807) is 6.92 Å². The summed E-state index contributed by atoms with van der Waals surface area (Å²) in [6, 6.07) is 7.29. The molecule has 0 aliphatic rings. The predicted molar refractivity (Wildman–Crippen MR) is 74.2 cm³/mol. The number of carbonyl (C=O) groups excluding carboxylic acids is 1. The van der Waals surface area contributed by atoms with Crippen molar-refractivity contribution in [1.82, 2.24) is 5.32 Å². The Bertz CT molecular complexity index is 396. The lowest BCUT2D eigenvalue weighted by Crippen LogP contribution is -2.33. The van der Waals surface area contributed by atoms with E-state index in [1.807, 2.05) is 24.3 Å². The number of hydrogen-bond donors (Lipinski definition) is 2. The summed E-state index contributed by atoms with van der Waals surface area (Å²) in [4.78, 5) is 11.4. The van der Waals surface area contributed by atoms with Gasteiger partial charge in [-0.15, -0.1) is 0 Å². The first-order chi connectivity index (χ1) is 9.21. The minimum absolute atomic E-state index is 0.274. The van der Waals surface area contributed by atoms with Gasteiger partial charge in [-0.05, 0) is 31.0 Å². The molecule has 0 bridgehead atoms. The average molecular weight is 266 g/mol. The molecule has 3 N–H and O–H groups in total. The molecule has 0 fully saturated rings. The monoisotopic (exact) mass is 266 g/mol. The number of benzene rings is 1. The van der Waals surface area contributed by atoms with Crippen LogP contribution in [0.4, 0.5) is 4.79 Å². The lowest BCUT2D eigenvalue weighted by Gasteiger charge is -2.17. The number of amides is 1. The van der Waals surface area contributed by atoms with Crippen molar-refractivity contribution in [2.75, 3.05) is 19.8 Å². The molecule has 1 amide bonds. The topological polar surface area (TPSA) is 73.6 Å². The highest BCUT2D eigenvalue weighted by Crippen LogP contribution is 2.19. The highest BCUT2D eigenvalue weighted by atomic mass is 16.5. The van der Waals surface area contributed by atoms with Gasteiger partial charge in [0.15, 0.2) is 0 Å². The zero-order valence-corrected chi connectivity index (χ0v) is 11.5. The molecule has 0 spiro atoms. The van der Waals surface area contributed by atoms with Crippen molar-refractivity contribution in [2.24, 2.45) is 5.73 Å². The average Bonchev–Trinajstić information content (AvgIpc) is 2.43. The summed E-state index contributed by atoms with van der Waals surface area (Å²) in [5, 5.41) is 2.73. The third-order valence-corrected chi connectivity index (χ3v) is 2.54. The third-order valence-electron chi connectivity index (χ3n) is 2.54. The van der Waals surface area contributed by atoms with E-state index < -0.39 is 6.09 Å². The van der Waals surface area contributed by atoms with Crippen molar-refractivity contribution in [2.45, 2.75) is 26.3 Å². The van der Waals surface area contributed by atoms with Crippen molar-refractivity contribution in [3.63, 3.8) is 0 Å². The smallest absolute Gasteiger partial charge is 0.407 e. The van der Waals surface area contributed by atoms with Crippen molar-refractivity contribution in [1.29, 1.82) is 0 Å². The number of ether oxygens (including phenoxy) is 2. The van der Waals surface area contributed by atoms with E-state index in [1.165, 1.54) is 0 Å². The van der Waals surface area contributed by atoms with Crippen molar-refractivity contribution in [3.8, 4) is 5.75 Å². The van der Waals surface area contributed by atoms with Gasteiger partial charge in [0.25, 0.3) is 0 Å². The van der Waals surface area contributed by atoms with Crippen LogP contribution >= 0.6 is 0 Å². The summed E-state index contributed by atoms with van der Waals surface area (Å²) in [6.07, 6.45) is 0.490. The van der Waals surface area contributed by atoms with E-state index in [0.29, 0.717) is 19.8 Å². The first-order valence-electron chi connectivity index (χ1n) is 6.57. The molecule has 0 saturated carbocycles. The van der Waals surface area contributed by atoms with Gasteiger partial charge in [-0.25, -0.2) is 4.79 Å². The fourth-order valence-corrected chi connectivity index (χ4v) is 1.63. The molecule has 0 aromatic heterocycles. The van der Waals surface area contributed by atoms with Gasteiger partial charge in [0.2, 0.25) is 0 Å². The molecule has 0 aliphatic heterocycles. The van der Waals surface area contributed by atoms with Gasteiger partial charge in [-0.2, -0.15) is 0 Å². The maximum Gasteiger partial charge on any atom is 0.407 e. The number of carbonyl (C=O) groups is 1. The first kappa shape index (κ1) is 15.3. The van der Waals surface area contributed by atoms with Crippen LogP contribution in [0.25, 0.3) is 0 Å². The molecule has 0 aliphatic carbocycles. The minimum Gasteiger partial charge on any atom is -0.494 e. The van der Waals surface area contributed by atoms with E-state index in [0.717, 1.165) is 17.7 Å². The van der Waals surface area contributed by atoms with Gasteiger partial charge in [0, 0.05) is 6.54 Å². The summed E-state index contributed by atoms with van der Waals surface area (Å²) < 4.78 is 10.4. The Hall–Kier alpha value is -1.75. The van der Waals surface area contributed by atoms with Crippen LogP contribution in [0.5, 0.6) is 5.75 Å². The van der Waals surface area contributed by atoms with E-state index in [9.17, 15) is 4.79 Å². The molecule has 1 aromatic carbocycles. The van der Waals surface area contributed by atoms with E-state index in [4.69, 9.17) is 15.2 Å². The maximum absolute atomic E-state index is 11.4. The molecule has 106 valence electrons. The Labute approximate surface area is 114 Å². The summed E-state index contributed by atoms with van der Waals surface area (Å²) in [5.74, 6) is 0.781. The summed E-state index contributed by atoms with van der Waals surface area (Å²) in [5.41, 5.74) is 6.59. The lowest BCUT2D eigenvalue weighted by atomic mass is 10.1. The second kappa shape index (κ2) is 8.37. The number of hydrogen-bond acceptors (Lipinski definition) is 4. The Balaban J connectivity index is 2.71. The Morgan fingerprint density at radius 1 is 1.42 bits per heavy atom. The molecule has 0 saturated heterocycles. The zero-order valence-electron chi connectivity index (χ0n) is 11.5. The second-order valence-electron chi connectivity index (χ2n) is 4.07. The molecule has 1 rings (SSSR count). The molecule has 1 unspecified atom stereocenters. The van der Waals surface area contributed by atoms with E-state index in [2.05, 4.69) is 12.2 Å². The standard InChI is InChI=1S/C14H22N2O3/c1-3-8-19-12-7-5-6-11(9-12)13(10-15)16-14(17)18-4-2/h5-7,9,13H,3-4,8,10,15H2,1-2H3,(H,16,17). The van der Waals surface area contributed by atoms with Crippen LogP contribution < -0.4 is 15.8 Å². The van der Waals surface area contributed by atoms with E-state index >= 15 is 0 Å². The Kier molecular flexibility index (Phi) is 6.74. The number of alkyl carbamates (subject to hydrolysis) is 1. The SMILES string of the molecule is CCCOc1cccc(C(CN)NC(=O)OCC)c1. The minimum atomic E-state index is -0.460. The van der Waals surface area contributed by atoms with Gasteiger partial charge >= 0.3 is 6.09 Å². The van der Waals surface area contributed by atoms with Crippen LogP contribution in [0.15, 0.2) is 24.3 Å². The van der Waals surface area contributed by atoms with Crippen LogP contribution in [-0.4, -0.2) is 25.9 Å². The number of nitrogens with two attached hydrogens (primary N) is 1.